The summed E-state index contributed by atoms with van der Waals surface area (Å²) >= 11 is 4.07. The van der Waals surface area contributed by atoms with Crippen LogP contribution in [-0.2, 0) is 12.8 Å². The molecular formula is C32H30BNS2. The van der Waals surface area contributed by atoms with E-state index >= 15 is 0 Å². The van der Waals surface area contributed by atoms with E-state index in [0.29, 0.717) is 6.71 Å². The molecule has 0 unspecified atom stereocenters. The lowest BCUT2D eigenvalue weighted by Gasteiger charge is -2.44. The Kier molecular flexibility index (Phi) is 5.71. The summed E-state index contributed by atoms with van der Waals surface area (Å²) in [6.07, 6.45) is 7.36. The molecule has 0 atom stereocenters. The molecule has 3 aliphatic heterocycles. The summed E-state index contributed by atoms with van der Waals surface area (Å²) < 4.78 is 0. The van der Waals surface area contributed by atoms with E-state index in [1.165, 1.54) is 76.3 Å². The average Bonchev–Trinajstić information content (AvgIpc) is 2.92. The van der Waals surface area contributed by atoms with Gasteiger partial charge in [0.1, 0.15) is 0 Å². The van der Waals surface area contributed by atoms with Crippen LogP contribution in [0.25, 0.3) is 0 Å². The van der Waals surface area contributed by atoms with Gasteiger partial charge >= 0.3 is 0 Å². The third kappa shape index (κ3) is 3.34. The number of para-hydroxylation sites is 1. The van der Waals surface area contributed by atoms with Crippen molar-refractivity contribution in [3.63, 3.8) is 0 Å². The molecule has 0 bridgehead atoms. The molecule has 0 aliphatic carbocycles. The van der Waals surface area contributed by atoms with Gasteiger partial charge in [-0.3, -0.25) is 0 Å². The minimum Gasteiger partial charge on any atom is -0.311 e. The maximum absolute atomic E-state index is 2.59. The number of rotatable bonds is 7. The van der Waals surface area contributed by atoms with Crippen molar-refractivity contribution < 1.29 is 0 Å². The lowest BCUT2D eigenvalue weighted by Crippen LogP contribution is -2.62. The standard InChI is InChI=1S/C32H30BNS2/c1-3-5-12-21-20-22(13-6-4-2)32-30-31(21)35-26-18-10-16-24-28(26)33(30)29-25(17-11-19-27(29)36-32)34(24)23-14-8-7-9-15-23/h7-11,14-20H,3-6,12-13H2,1-2H3. The van der Waals surface area contributed by atoms with Gasteiger partial charge < -0.3 is 4.90 Å². The average molecular weight is 504 g/mol. The van der Waals surface area contributed by atoms with Crippen LogP contribution in [-0.4, -0.2) is 6.71 Å². The van der Waals surface area contributed by atoms with Crippen molar-refractivity contribution in [1.29, 1.82) is 0 Å². The smallest absolute Gasteiger partial charge is 0.252 e. The second-order valence-electron chi connectivity index (χ2n) is 10.2. The molecule has 0 saturated carbocycles. The van der Waals surface area contributed by atoms with Crippen LogP contribution in [0.1, 0.15) is 50.7 Å². The molecule has 0 amide bonds. The minimum absolute atomic E-state index is 0.330. The SMILES string of the molecule is CCCCc1cc(CCCC)c2c3c1Sc1cccc4c1B3c1c(cccc1N4c1ccccc1)S2. The summed E-state index contributed by atoms with van der Waals surface area (Å²) in [6, 6.07) is 27.4. The van der Waals surface area contributed by atoms with Crippen molar-refractivity contribution in [2.45, 2.75) is 72.0 Å². The molecule has 3 aliphatic rings. The number of aryl methyl sites for hydroxylation is 2. The van der Waals surface area contributed by atoms with E-state index in [1.54, 1.807) is 26.4 Å². The number of benzene rings is 4. The Hall–Kier alpha value is -2.56. The Bertz CT molecular complexity index is 1390. The number of hydrogen-bond donors (Lipinski definition) is 0. The molecule has 4 aromatic carbocycles. The van der Waals surface area contributed by atoms with Crippen LogP contribution < -0.4 is 21.3 Å². The van der Waals surface area contributed by atoms with Crippen molar-refractivity contribution >= 4 is 63.7 Å². The summed E-state index contributed by atoms with van der Waals surface area (Å²) in [5.41, 5.74) is 11.7. The highest BCUT2D eigenvalue weighted by molar-refractivity contribution is 8.01. The summed E-state index contributed by atoms with van der Waals surface area (Å²) in [7, 11) is 0. The zero-order chi connectivity index (χ0) is 24.2. The Labute approximate surface area is 223 Å². The van der Waals surface area contributed by atoms with Gasteiger partial charge in [0.15, 0.2) is 0 Å². The van der Waals surface area contributed by atoms with E-state index in [1.807, 2.05) is 23.5 Å². The van der Waals surface area contributed by atoms with E-state index in [0.717, 1.165) is 0 Å². The lowest BCUT2D eigenvalue weighted by atomic mass is 9.34. The van der Waals surface area contributed by atoms with Crippen LogP contribution in [0.15, 0.2) is 92.4 Å². The molecule has 7 rings (SSSR count). The summed E-state index contributed by atoms with van der Waals surface area (Å²) in [5, 5.41) is 0. The topological polar surface area (TPSA) is 3.24 Å². The number of hydrogen-bond acceptors (Lipinski definition) is 3. The Morgan fingerprint density at radius 2 is 1.19 bits per heavy atom. The van der Waals surface area contributed by atoms with E-state index in [-0.39, 0.29) is 0 Å². The van der Waals surface area contributed by atoms with E-state index in [4.69, 9.17) is 0 Å². The Balaban J connectivity index is 1.52. The second kappa shape index (κ2) is 9.08. The first-order chi connectivity index (χ1) is 17.8. The van der Waals surface area contributed by atoms with Gasteiger partial charge in [-0.05, 0) is 89.6 Å². The number of anilines is 3. The highest BCUT2D eigenvalue weighted by Gasteiger charge is 2.46. The predicted octanol–water partition coefficient (Wildman–Crippen LogP) is 7.60. The van der Waals surface area contributed by atoms with Crippen LogP contribution in [0.3, 0.4) is 0 Å². The van der Waals surface area contributed by atoms with Crippen LogP contribution in [0.2, 0.25) is 0 Å². The Morgan fingerprint density at radius 1 is 0.639 bits per heavy atom. The van der Waals surface area contributed by atoms with Crippen LogP contribution in [0.5, 0.6) is 0 Å². The third-order valence-electron chi connectivity index (χ3n) is 7.89. The van der Waals surface area contributed by atoms with Crippen LogP contribution >= 0.6 is 23.5 Å². The van der Waals surface area contributed by atoms with Gasteiger partial charge in [-0.15, -0.1) is 0 Å². The molecule has 0 spiro atoms. The molecule has 0 aromatic heterocycles. The van der Waals surface area contributed by atoms with Crippen molar-refractivity contribution in [3.05, 3.63) is 83.9 Å². The summed E-state index contributed by atoms with van der Waals surface area (Å²) in [5.74, 6) is 0. The molecule has 4 aromatic rings. The van der Waals surface area contributed by atoms with Gasteiger partial charge in [-0.25, -0.2) is 0 Å². The number of unbranched alkanes of at least 4 members (excludes halogenated alkanes) is 2. The predicted molar refractivity (Wildman–Crippen MR) is 158 cm³/mol. The maximum atomic E-state index is 2.59. The van der Waals surface area contributed by atoms with Gasteiger partial charge in [0.05, 0.1) is 0 Å². The molecule has 4 heteroatoms. The molecule has 178 valence electrons. The molecule has 3 heterocycles. The van der Waals surface area contributed by atoms with Gasteiger partial charge in [-0.2, -0.15) is 0 Å². The second-order valence-corrected chi connectivity index (χ2v) is 12.3. The zero-order valence-corrected chi connectivity index (χ0v) is 22.6. The highest BCUT2D eigenvalue weighted by atomic mass is 32.2. The number of nitrogens with zero attached hydrogens (tertiary/aromatic N) is 1. The highest BCUT2D eigenvalue weighted by Crippen LogP contribution is 2.48. The fraction of sp³-hybridized carbons (Fsp3) is 0.250. The zero-order valence-electron chi connectivity index (χ0n) is 21.0. The first-order valence-corrected chi connectivity index (χ1v) is 15.1. The van der Waals surface area contributed by atoms with Gasteiger partial charge in [0.2, 0.25) is 0 Å². The quantitative estimate of drug-likeness (QED) is 0.206. The van der Waals surface area contributed by atoms with Crippen LogP contribution in [0, 0.1) is 0 Å². The van der Waals surface area contributed by atoms with Crippen molar-refractivity contribution in [2.75, 3.05) is 4.90 Å². The largest absolute Gasteiger partial charge is 0.311 e. The first kappa shape index (κ1) is 22.6. The van der Waals surface area contributed by atoms with E-state index in [2.05, 4.69) is 91.5 Å². The normalized spacial score (nSPS) is 14.2. The monoisotopic (exact) mass is 503 g/mol. The van der Waals surface area contributed by atoms with Gasteiger partial charge in [0.25, 0.3) is 6.71 Å². The maximum Gasteiger partial charge on any atom is 0.252 e. The molecule has 1 nitrogen and oxygen atoms in total. The Morgan fingerprint density at radius 3 is 1.72 bits per heavy atom. The van der Waals surface area contributed by atoms with Crippen molar-refractivity contribution in [3.8, 4) is 0 Å². The van der Waals surface area contributed by atoms with Crippen molar-refractivity contribution in [1.82, 2.24) is 0 Å². The molecule has 0 radical (unpaired) electrons. The lowest BCUT2D eigenvalue weighted by molar-refractivity contribution is 0.766. The fourth-order valence-corrected chi connectivity index (χ4v) is 8.96. The fourth-order valence-electron chi connectivity index (χ4n) is 6.25. The summed E-state index contributed by atoms with van der Waals surface area (Å²) in [4.78, 5) is 8.47. The van der Waals surface area contributed by atoms with E-state index < -0.39 is 0 Å². The third-order valence-corrected chi connectivity index (χ3v) is 10.4. The minimum atomic E-state index is 0.330. The van der Waals surface area contributed by atoms with Crippen molar-refractivity contribution in [2.24, 2.45) is 0 Å². The van der Waals surface area contributed by atoms with Gasteiger partial charge in [0, 0.05) is 36.6 Å². The molecule has 0 saturated heterocycles. The molecule has 0 fully saturated rings. The van der Waals surface area contributed by atoms with E-state index in [9.17, 15) is 0 Å². The molecular weight excluding hydrogens is 473 g/mol. The summed E-state index contributed by atoms with van der Waals surface area (Å²) in [6.45, 7) is 4.96. The molecule has 0 N–H and O–H groups in total. The van der Waals surface area contributed by atoms with Crippen LogP contribution in [0.4, 0.5) is 17.1 Å². The first-order valence-electron chi connectivity index (χ1n) is 13.5. The molecule has 36 heavy (non-hydrogen) atoms. The van der Waals surface area contributed by atoms with Gasteiger partial charge in [-0.1, -0.05) is 86.6 Å².